The molecule has 2 rings (SSSR count). The van der Waals surface area contributed by atoms with E-state index in [9.17, 15) is 32.4 Å². The smallest absolute Gasteiger partial charge is 0.408 e. The number of rotatable bonds is 23. The van der Waals surface area contributed by atoms with Crippen LogP contribution in [0.4, 0.5) is 9.59 Å². The molecular weight excluding hydrogens is 1030 g/mol. The Labute approximate surface area is 470 Å². The topological polar surface area (TPSA) is 318 Å². The first kappa shape index (κ1) is 85.5. The van der Waals surface area contributed by atoms with E-state index in [0.29, 0.717) is 54.7 Å². The summed E-state index contributed by atoms with van der Waals surface area (Å²) in [5.74, 6) is 0.978. The molecule has 0 bridgehead atoms. The van der Waals surface area contributed by atoms with E-state index in [0.717, 1.165) is 68.1 Å². The second-order valence-corrected chi connectivity index (χ2v) is 21.5. The molecule has 1 aliphatic rings. The van der Waals surface area contributed by atoms with Gasteiger partial charge in [-0.25, -0.2) is 22.8 Å². The highest BCUT2D eigenvalue weighted by molar-refractivity contribution is 7.90. The highest BCUT2D eigenvalue weighted by atomic mass is 35.5. The largest absolute Gasteiger partial charge is 0.496 e. The lowest BCUT2D eigenvalue weighted by Gasteiger charge is -2.22. The number of alkyl halides is 1. The first-order valence-corrected chi connectivity index (χ1v) is 26.4. The number of sulfone groups is 1. The lowest BCUT2D eigenvalue weighted by atomic mass is 10.0. The molecule has 0 aromatic heterocycles. The number of carboxylic acid groups (broad SMARTS) is 1. The maximum Gasteiger partial charge on any atom is 0.408 e. The number of aryl methyl sites for hydroxylation is 1. The average Bonchev–Trinajstić information content (AvgIpc) is 3.24. The van der Waals surface area contributed by atoms with Crippen LogP contribution in [-0.4, -0.2) is 144 Å². The molecule has 1 aliphatic heterocycles. The Kier molecular flexibility index (Phi) is 49.4. The molecule has 21 nitrogen and oxygen atoms in total. The number of halogens is 1. The Balaban J connectivity index is -0.000000161. The molecule has 0 aliphatic carbocycles. The van der Waals surface area contributed by atoms with Gasteiger partial charge in [-0.1, -0.05) is 56.4 Å². The third-order valence-corrected chi connectivity index (χ3v) is 11.5. The normalized spacial score (nSPS) is 12.7. The van der Waals surface area contributed by atoms with Gasteiger partial charge in [0.05, 0.1) is 54.6 Å². The Hall–Kier alpha value is -5.45. The monoisotopic (exact) mass is 1140 g/mol. The molecule has 12 N–H and O–H groups in total. The van der Waals surface area contributed by atoms with Crippen molar-refractivity contribution in [3.8, 4) is 5.75 Å². The lowest BCUT2D eigenvalue weighted by molar-refractivity contribution is -0.139. The number of hydrogen-bond donors (Lipinski definition) is 9. The molecule has 3 atom stereocenters. The summed E-state index contributed by atoms with van der Waals surface area (Å²) in [4.78, 5) is 59.2. The van der Waals surface area contributed by atoms with Gasteiger partial charge in [0.25, 0.3) is 0 Å². The zero-order chi connectivity index (χ0) is 57.3. The van der Waals surface area contributed by atoms with Crippen molar-refractivity contribution in [2.75, 3.05) is 72.2 Å². The predicted molar refractivity (Wildman–Crippen MR) is 317 cm³/mol. The number of nitrogens with zero attached hydrogens (tertiary/aromatic N) is 1. The fraction of sp³-hybridized carbons (Fsp3) is 0.685. The van der Waals surface area contributed by atoms with Crippen molar-refractivity contribution in [3.63, 3.8) is 0 Å². The Bertz CT molecular complexity index is 1940. The average molecular weight is 1140 g/mol. The predicted octanol–water partition coefficient (Wildman–Crippen LogP) is 7.78. The minimum Gasteiger partial charge on any atom is -0.496 e. The highest BCUT2D eigenvalue weighted by Crippen LogP contribution is 2.30. The number of methoxy groups -OCH3 is 1. The van der Waals surface area contributed by atoms with E-state index in [2.05, 4.69) is 58.3 Å². The van der Waals surface area contributed by atoms with Crippen LogP contribution in [0.2, 0.25) is 0 Å². The van der Waals surface area contributed by atoms with Gasteiger partial charge in [0.15, 0.2) is 15.6 Å². The van der Waals surface area contributed by atoms with Crippen molar-refractivity contribution in [1.82, 2.24) is 31.5 Å². The van der Waals surface area contributed by atoms with Gasteiger partial charge in [-0.05, 0) is 138 Å². The number of carbonyl (C=O) groups is 5. The van der Waals surface area contributed by atoms with Gasteiger partial charge in [0, 0.05) is 44.9 Å². The van der Waals surface area contributed by atoms with Crippen LogP contribution in [-0.2, 0) is 38.4 Å². The zero-order valence-electron chi connectivity index (χ0n) is 46.2. The number of amides is 2. The molecule has 1 fully saturated rings. The van der Waals surface area contributed by atoms with Crippen molar-refractivity contribution in [2.24, 2.45) is 23.1 Å². The van der Waals surface area contributed by atoms with Crippen LogP contribution in [0.25, 0.3) is 0 Å². The first-order valence-electron chi connectivity index (χ1n) is 24.0. The van der Waals surface area contributed by atoms with Crippen molar-refractivity contribution < 1.29 is 56.4 Å². The Morgan fingerprint density at radius 3 is 1.43 bits per heavy atom. The number of ether oxygens (including phenoxy) is 4. The maximum absolute atomic E-state index is 11.6. The van der Waals surface area contributed by atoms with Gasteiger partial charge in [0.1, 0.15) is 28.8 Å². The molecule has 0 unspecified atom stereocenters. The second-order valence-electron chi connectivity index (χ2n) is 19.3. The fourth-order valence-corrected chi connectivity index (χ4v) is 7.67. The molecule has 0 saturated carbocycles. The molecule has 1 saturated heterocycles. The third kappa shape index (κ3) is 47.5. The summed E-state index contributed by atoms with van der Waals surface area (Å²) in [7, 11) is 0.531. The number of alkyl carbamates (subject to hydrolysis) is 2. The molecule has 1 aromatic carbocycles. The molecule has 23 heteroatoms. The van der Waals surface area contributed by atoms with Crippen molar-refractivity contribution in [3.05, 3.63) is 60.0 Å². The number of morpholine rings is 1. The van der Waals surface area contributed by atoms with E-state index in [-0.39, 0.29) is 59.5 Å². The van der Waals surface area contributed by atoms with Crippen molar-refractivity contribution in [2.45, 2.75) is 173 Å². The number of ketones is 2. The number of carboxylic acids is 1. The number of Topliss-reactive ketones (excluding diaryl/α,β-unsaturated/α-hetero) is 2. The van der Waals surface area contributed by atoms with Crippen LogP contribution in [0.3, 0.4) is 0 Å². The summed E-state index contributed by atoms with van der Waals surface area (Å²) in [5.41, 5.74) is 17.1. The summed E-state index contributed by atoms with van der Waals surface area (Å²) >= 11 is 5.41. The number of hydrogen-bond acceptors (Lipinski definition) is 18. The standard InChI is InChI=1S/C13H25N3O3.C12H23N3O4.C11H16O3S.C9H17ClN2O.C5H11NO.4CH4/c1-9(17)11(7-6-8-15-10(2)14)16-12(18)19-13(3,4)5;1-8(13)14-7-5-6-9(10(16)17)15-11(18)19-12(2,3)4;1-7-6-10(14-4)8(2)9(3)11(7)15(5,12)13;1-7(9(13)6-10)4-3-5-12-8(2)11;1-6-2-4-7-5-3-6;;;;/h11,15H,2,6-8,14H2,1,3-5H3,(H,16,18);9,14H,1,5-7,13H2,2-4H3,(H,15,18)(H,16,17);6H,1-5H3;7,12H,2-6,11H2,1H3;2-5H2,1H3;4*1H4/t11-;9-;;7-;;;;;/m00.0...../s1. The fourth-order valence-electron chi connectivity index (χ4n) is 6.05. The molecule has 0 radical (unpaired) electrons. The van der Waals surface area contributed by atoms with E-state index in [1.54, 1.807) is 68.6 Å². The number of benzene rings is 1. The van der Waals surface area contributed by atoms with E-state index < -0.39 is 51.3 Å². The van der Waals surface area contributed by atoms with Gasteiger partial charge in [-0.3, -0.25) is 9.59 Å². The van der Waals surface area contributed by atoms with E-state index in [1.165, 1.54) is 13.2 Å². The quantitative estimate of drug-likeness (QED) is 0.0373. The van der Waals surface area contributed by atoms with Gasteiger partial charge in [0.2, 0.25) is 0 Å². The summed E-state index contributed by atoms with van der Waals surface area (Å²) < 4.78 is 43.6. The van der Waals surface area contributed by atoms with E-state index in [1.807, 2.05) is 13.8 Å². The molecule has 77 heavy (non-hydrogen) atoms. The van der Waals surface area contributed by atoms with Gasteiger partial charge in [-0.15, -0.1) is 11.6 Å². The van der Waals surface area contributed by atoms with Crippen LogP contribution in [0, 0.1) is 26.7 Å². The van der Waals surface area contributed by atoms with Gasteiger partial charge in [-0.2, -0.15) is 0 Å². The molecule has 1 aromatic rings. The molecule has 0 spiro atoms. The number of carbonyl (C=O) groups excluding carboxylic acids is 4. The minimum atomic E-state index is -3.17. The number of aliphatic carboxylic acids is 1. The van der Waals surface area contributed by atoms with Crippen LogP contribution in [0.5, 0.6) is 5.75 Å². The number of nitrogens with one attached hydrogen (secondary N) is 5. The lowest BCUT2D eigenvalue weighted by Crippen LogP contribution is -2.43. The van der Waals surface area contributed by atoms with E-state index >= 15 is 0 Å². The first-order chi connectivity index (χ1) is 33.5. The van der Waals surface area contributed by atoms with Crippen LogP contribution >= 0.6 is 11.6 Å². The molecule has 454 valence electrons. The van der Waals surface area contributed by atoms with Crippen LogP contribution in [0.1, 0.15) is 140 Å². The van der Waals surface area contributed by atoms with Gasteiger partial charge >= 0.3 is 18.2 Å². The number of likely N-dealkylation sites (N-methyl/N-ethyl adjacent to an activating group) is 1. The van der Waals surface area contributed by atoms with Crippen molar-refractivity contribution in [1.29, 1.82) is 0 Å². The molecular formula is C54H108ClN9O12S. The van der Waals surface area contributed by atoms with Gasteiger partial charge < -0.3 is 72.7 Å². The van der Waals surface area contributed by atoms with E-state index in [4.69, 9.17) is 52.9 Å². The summed E-state index contributed by atoms with van der Waals surface area (Å²) in [6.45, 7) is 35.6. The van der Waals surface area contributed by atoms with Crippen LogP contribution in [0.15, 0.2) is 48.2 Å². The SMILES string of the molecule is C.C.C.C.C=C(N)NCCC[C@H](C)C(=O)CCl.C=C(N)NCCC[C@H](NC(=O)OC(C)(C)C)C(=O)O.C=C(N)NCCC[C@H](NC(=O)OC(C)(C)C)C(C)=O.CN1CCOCC1.COc1cc(C)c(S(C)(=O)=O)c(C)c1C. The molecule has 2 amide bonds. The van der Waals surface area contributed by atoms with Crippen LogP contribution < -0.4 is 48.5 Å². The Morgan fingerprint density at radius 1 is 0.753 bits per heavy atom. The maximum atomic E-state index is 11.6. The third-order valence-electron chi connectivity index (χ3n) is 9.87. The second kappa shape index (κ2) is 44.5. The number of nitrogens with two attached hydrogens (primary N) is 3. The highest BCUT2D eigenvalue weighted by Gasteiger charge is 2.24. The summed E-state index contributed by atoms with van der Waals surface area (Å²) in [6, 6.07) is 0.240. The zero-order valence-corrected chi connectivity index (χ0v) is 47.8. The summed E-state index contributed by atoms with van der Waals surface area (Å²) in [6.07, 6.45) is 3.67. The minimum absolute atomic E-state index is 0. The Morgan fingerprint density at radius 2 is 1.13 bits per heavy atom. The molecule has 1 heterocycles. The van der Waals surface area contributed by atoms with Crippen molar-refractivity contribution >= 4 is 51.2 Å². The summed E-state index contributed by atoms with van der Waals surface area (Å²) in [5, 5.41) is 22.4.